The normalized spacial score (nSPS) is 12.0. The monoisotopic (exact) mass is 593 g/mol. The topological polar surface area (TPSA) is 43.9 Å². The lowest BCUT2D eigenvalue weighted by atomic mass is 10.1. The second-order valence-corrected chi connectivity index (χ2v) is 12.5. The highest BCUT2D eigenvalue weighted by Crippen LogP contribution is 2.41. The molecule has 0 aliphatic carbocycles. The number of rotatable bonds is 3. The van der Waals surface area contributed by atoms with Crippen LogP contribution in [-0.4, -0.2) is 14.5 Å². The van der Waals surface area contributed by atoms with E-state index >= 15 is 0 Å². The van der Waals surface area contributed by atoms with Crippen molar-refractivity contribution in [2.24, 2.45) is 0 Å². The molecule has 0 fully saturated rings. The molecule has 6 aromatic carbocycles. The first kappa shape index (κ1) is 24.6. The van der Waals surface area contributed by atoms with E-state index < -0.39 is 0 Å². The molecule has 5 heteroatoms. The number of furan rings is 1. The summed E-state index contributed by atoms with van der Waals surface area (Å²) < 4.78 is 11.4. The SMILES string of the molecule is c1ccc(-c2nc(-c3cccc(-n4c5ccccc5c5cc6c(cc54)sc4ccccc46)c3)c3oc4ccccc4c3n2)cc1. The van der Waals surface area contributed by atoms with Crippen LogP contribution in [0.25, 0.3) is 92.4 Å². The number of hydrogen-bond acceptors (Lipinski definition) is 4. The van der Waals surface area contributed by atoms with Gasteiger partial charge in [0.25, 0.3) is 0 Å². The third-order valence-electron chi connectivity index (χ3n) is 8.80. The molecule has 0 aliphatic heterocycles. The Morgan fingerprint density at radius 2 is 1.27 bits per heavy atom. The van der Waals surface area contributed by atoms with E-state index in [-0.39, 0.29) is 0 Å². The minimum atomic E-state index is 0.680. The molecule has 4 nitrogen and oxygen atoms in total. The zero-order valence-electron chi connectivity index (χ0n) is 23.9. The number of benzene rings is 6. The summed E-state index contributed by atoms with van der Waals surface area (Å²) in [5.41, 5.74) is 8.49. The van der Waals surface area contributed by atoms with Crippen molar-refractivity contribution in [1.82, 2.24) is 14.5 Å². The lowest BCUT2D eigenvalue weighted by Gasteiger charge is -2.11. The van der Waals surface area contributed by atoms with E-state index in [0.717, 1.165) is 39.0 Å². The van der Waals surface area contributed by atoms with E-state index in [0.29, 0.717) is 11.4 Å². The predicted molar refractivity (Wildman–Crippen MR) is 187 cm³/mol. The van der Waals surface area contributed by atoms with Gasteiger partial charge < -0.3 is 8.98 Å². The van der Waals surface area contributed by atoms with Crippen LogP contribution in [0.3, 0.4) is 0 Å². The smallest absolute Gasteiger partial charge is 0.180 e. The Morgan fingerprint density at radius 1 is 0.511 bits per heavy atom. The van der Waals surface area contributed by atoms with E-state index in [1.165, 1.54) is 42.0 Å². The number of aromatic nitrogens is 3. The maximum Gasteiger partial charge on any atom is 0.180 e. The molecule has 0 N–H and O–H groups in total. The third-order valence-corrected chi connectivity index (χ3v) is 9.93. The minimum Gasteiger partial charge on any atom is -0.452 e. The number of fused-ring (bicyclic) bond motifs is 9. The first-order valence-electron chi connectivity index (χ1n) is 15.0. The Hall–Kier alpha value is -5.78. The molecule has 0 unspecified atom stereocenters. The molecule has 0 spiro atoms. The molecule has 4 aromatic heterocycles. The van der Waals surface area contributed by atoms with Crippen molar-refractivity contribution < 1.29 is 4.42 Å². The van der Waals surface area contributed by atoms with E-state index in [1.54, 1.807) is 0 Å². The van der Waals surface area contributed by atoms with Gasteiger partial charge in [0.15, 0.2) is 11.4 Å². The second kappa shape index (κ2) is 9.36. The first-order chi connectivity index (χ1) is 22.3. The lowest BCUT2D eigenvalue weighted by Crippen LogP contribution is -1.97. The molecule has 0 amide bonds. The average molecular weight is 594 g/mol. The summed E-state index contributed by atoms with van der Waals surface area (Å²) in [7, 11) is 0. The zero-order chi connectivity index (χ0) is 29.5. The number of thiophene rings is 1. The average Bonchev–Trinajstić information content (AvgIpc) is 3.76. The molecule has 10 rings (SSSR count). The van der Waals surface area contributed by atoms with Gasteiger partial charge in [-0.05, 0) is 48.5 Å². The minimum absolute atomic E-state index is 0.680. The largest absolute Gasteiger partial charge is 0.452 e. The summed E-state index contributed by atoms with van der Waals surface area (Å²) in [5, 5.41) is 6.09. The van der Waals surface area contributed by atoms with Crippen LogP contribution in [0, 0.1) is 0 Å². The molecule has 0 saturated heterocycles. The number of nitrogens with zero attached hydrogens (tertiary/aromatic N) is 3. The van der Waals surface area contributed by atoms with E-state index in [4.69, 9.17) is 14.4 Å². The summed E-state index contributed by atoms with van der Waals surface area (Å²) in [5.74, 6) is 0.680. The van der Waals surface area contributed by atoms with Crippen molar-refractivity contribution in [2.45, 2.75) is 0 Å². The van der Waals surface area contributed by atoms with Crippen LogP contribution >= 0.6 is 11.3 Å². The summed E-state index contributed by atoms with van der Waals surface area (Å²) in [6.45, 7) is 0. The fourth-order valence-corrected chi connectivity index (χ4v) is 7.88. The van der Waals surface area contributed by atoms with Crippen LogP contribution in [0.4, 0.5) is 0 Å². The lowest BCUT2D eigenvalue weighted by molar-refractivity contribution is 0.667. The molecule has 4 heterocycles. The fraction of sp³-hybridized carbons (Fsp3) is 0. The zero-order valence-corrected chi connectivity index (χ0v) is 24.8. The van der Waals surface area contributed by atoms with Crippen molar-refractivity contribution in [2.75, 3.05) is 0 Å². The van der Waals surface area contributed by atoms with Crippen LogP contribution in [0.1, 0.15) is 0 Å². The molecule has 210 valence electrons. The highest BCUT2D eigenvalue weighted by atomic mass is 32.1. The quantitative estimate of drug-likeness (QED) is 0.205. The highest BCUT2D eigenvalue weighted by molar-refractivity contribution is 7.25. The molecule has 0 radical (unpaired) electrons. The van der Waals surface area contributed by atoms with Gasteiger partial charge in [0, 0.05) is 53.1 Å². The molecule has 10 aromatic rings. The third kappa shape index (κ3) is 3.65. The van der Waals surface area contributed by atoms with Gasteiger partial charge in [0.1, 0.15) is 16.8 Å². The number of hydrogen-bond donors (Lipinski definition) is 0. The van der Waals surface area contributed by atoms with Gasteiger partial charge in [-0.1, -0.05) is 91.0 Å². The number of para-hydroxylation sites is 2. The highest BCUT2D eigenvalue weighted by Gasteiger charge is 2.20. The Balaban J connectivity index is 1.25. The van der Waals surface area contributed by atoms with Gasteiger partial charge in [-0.3, -0.25) is 0 Å². The van der Waals surface area contributed by atoms with Crippen molar-refractivity contribution in [1.29, 1.82) is 0 Å². The van der Waals surface area contributed by atoms with Crippen LogP contribution in [0.15, 0.2) is 144 Å². The van der Waals surface area contributed by atoms with Crippen molar-refractivity contribution in [3.05, 3.63) is 140 Å². The maximum atomic E-state index is 6.45. The molecule has 45 heavy (non-hydrogen) atoms. The Morgan fingerprint density at radius 3 is 2.18 bits per heavy atom. The Bertz CT molecular complexity index is 2770. The van der Waals surface area contributed by atoms with Gasteiger partial charge >= 0.3 is 0 Å². The summed E-state index contributed by atoms with van der Waals surface area (Å²) in [6, 6.07) is 49.0. The molecule has 0 aliphatic rings. The van der Waals surface area contributed by atoms with Gasteiger partial charge in [-0.15, -0.1) is 11.3 Å². The molecule has 0 saturated carbocycles. The van der Waals surface area contributed by atoms with Crippen LogP contribution in [-0.2, 0) is 0 Å². The maximum absolute atomic E-state index is 6.45. The van der Waals surface area contributed by atoms with Crippen LogP contribution < -0.4 is 0 Å². The van der Waals surface area contributed by atoms with Gasteiger partial charge in [0.2, 0.25) is 0 Å². The van der Waals surface area contributed by atoms with Crippen molar-refractivity contribution >= 4 is 75.4 Å². The van der Waals surface area contributed by atoms with Crippen LogP contribution in [0.2, 0.25) is 0 Å². The van der Waals surface area contributed by atoms with E-state index in [9.17, 15) is 0 Å². The molecular formula is C40H23N3OS. The summed E-state index contributed by atoms with van der Waals surface area (Å²) in [6.07, 6.45) is 0. The standard InChI is InChI=1S/C40H23N3OS/c1-2-11-24(12-3-1)40-41-37(39-38(42-40)29-17-5-8-19-34(29)44-39)25-13-10-14-26(21-25)43-32-18-7-4-15-27(32)30-22-31-28-16-6-9-20-35(28)45-36(31)23-33(30)43/h1-23H. The Kier molecular flexibility index (Phi) is 5.12. The second-order valence-electron chi connectivity index (χ2n) is 11.4. The van der Waals surface area contributed by atoms with Crippen molar-refractivity contribution in [3.8, 4) is 28.3 Å². The van der Waals surface area contributed by atoms with Gasteiger partial charge in [-0.2, -0.15) is 0 Å². The summed E-state index contributed by atoms with van der Waals surface area (Å²) >= 11 is 1.85. The Labute approximate surface area is 261 Å². The van der Waals surface area contributed by atoms with Gasteiger partial charge in [-0.25, -0.2) is 9.97 Å². The van der Waals surface area contributed by atoms with Crippen molar-refractivity contribution in [3.63, 3.8) is 0 Å². The predicted octanol–water partition coefficient (Wildman–Crippen LogP) is 11.2. The molecule has 0 atom stereocenters. The van der Waals surface area contributed by atoms with E-state index in [2.05, 4.69) is 108 Å². The van der Waals surface area contributed by atoms with Gasteiger partial charge in [0.05, 0.1) is 11.0 Å². The van der Waals surface area contributed by atoms with E-state index in [1.807, 2.05) is 47.7 Å². The molecule has 0 bridgehead atoms. The fourth-order valence-electron chi connectivity index (χ4n) is 6.76. The summed E-state index contributed by atoms with van der Waals surface area (Å²) in [4.78, 5) is 10.1. The first-order valence-corrected chi connectivity index (χ1v) is 15.8. The molecular weight excluding hydrogens is 571 g/mol. The van der Waals surface area contributed by atoms with Crippen LogP contribution in [0.5, 0.6) is 0 Å².